The highest BCUT2D eigenvalue weighted by Crippen LogP contribution is 2.32. The molecule has 2 N–H and O–H groups in total. The van der Waals surface area contributed by atoms with Crippen LogP contribution in [0.2, 0.25) is 0 Å². The highest BCUT2D eigenvalue weighted by Gasteiger charge is 2.32. The van der Waals surface area contributed by atoms with Crippen molar-refractivity contribution < 1.29 is 22.8 Å². The second kappa shape index (κ2) is 7.68. The van der Waals surface area contributed by atoms with Crippen molar-refractivity contribution in [1.29, 1.82) is 5.26 Å². The summed E-state index contributed by atoms with van der Waals surface area (Å²) in [5.41, 5.74) is -2.13. The van der Waals surface area contributed by atoms with Crippen molar-refractivity contribution in [2.75, 3.05) is 5.32 Å². The lowest BCUT2D eigenvalue weighted by atomic mass is 10.0. The Bertz CT molecular complexity index is 957. The SMILES string of the molecule is CC(C)(C)NC(=O)c1cc(NC(=O)c2ccnc(C#N)c2)cc(C(F)(F)F)c1. The summed E-state index contributed by atoms with van der Waals surface area (Å²) in [5.74, 6) is -1.44. The molecule has 0 aliphatic carbocycles. The number of pyridine rings is 1. The van der Waals surface area contributed by atoms with E-state index in [1.807, 2.05) is 0 Å². The third kappa shape index (κ3) is 5.54. The summed E-state index contributed by atoms with van der Waals surface area (Å²) in [4.78, 5) is 28.3. The van der Waals surface area contributed by atoms with Gasteiger partial charge in [-0.3, -0.25) is 9.59 Å². The first-order valence-corrected chi connectivity index (χ1v) is 8.11. The van der Waals surface area contributed by atoms with Crippen LogP contribution in [0.4, 0.5) is 18.9 Å². The molecule has 9 heteroatoms. The number of nitrogens with one attached hydrogen (secondary N) is 2. The highest BCUT2D eigenvalue weighted by molar-refractivity contribution is 6.05. The third-order valence-corrected chi connectivity index (χ3v) is 3.41. The van der Waals surface area contributed by atoms with Crippen LogP contribution in [0.25, 0.3) is 0 Å². The van der Waals surface area contributed by atoms with E-state index in [9.17, 15) is 22.8 Å². The van der Waals surface area contributed by atoms with Gasteiger partial charge in [0.1, 0.15) is 11.8 Å². The fourth-order valence-electron chi connectivity index (χ4n) is 2.24. The van der Waals surface area contributed by atoms with E-state index in [2.05, 4.69) is 15.6 Å². The van der Waals surface area contributed by atoms with Crippen LogP contribution in [-0.4, -0.2) is 22.3 Å². The highest BCUT2D eigenvalue weighted by atomic mass is 19.4. The molecule has 0 atom stereocenters. The van der Waals surface area contributed by atoms with Crippen LogP contribution in [0.1, 0.15) is 52.7 Å². The van der Waals surface area contributed by atoms with E-state index >= 15 is 0 Å². The fourth-order valence-corrected chi connectivity index (χ4v) is 2.24. The maximum Gasteiger partial charge on any atom is 0.416 e. The first-order chi connectivity index (χ1) is 12.9. The van der Waals surface area contributed by atoms with E-state index in [1.165, 1.54) is 18.3 Å². The first-order valence-electron chi connectivity index (χ1n) is 8.11. The van der Waals surface area contributed by atoms with Crippen LogP contribution in [0.5, 0.6) is 0 Å². The lowest BCUT2D eigenvalue weighted by molar-refractivity contribution is -0.137. The molecule has 2 aromatic rings. The number of alkyl halides is 3. The Morgan fingerprint density at radius 1 is 1.04 bits per heavy atom. The van der Waals surface area contributed by atoms with Crippen LogP contribution in [0.15, 0.2) is 36.5 Å². The van der Waals surface area contributed by atoms with Gasteiger partial charge >= 0.3 is 6.18 Å². The summed E-state index contributed by atoms with van der Waals surface area (Å²) in [6.07, 6.45) is -3.47. The number of carbonyl (C=O) groups is 2. The van der Waals surface area contributed by atoms with Gasteiger partial charge in [0.2, 0.25) is 0 Å². The van der Waals surface area contributed by atoms with Crippen molar-refractivity contribution in [3.8, 4) is 6.07 Å². The van der Waals surface area contributed by atoms with Crippen LogP contribution >= 0.6 is 0 Å². The Balaban J connectivity index is 2.40. The summed E-state index contributed by atoms with van der Waals surface area (Å²) >= 11 is 0. The number of carbonyl (C=O) groups excluding carboxylic acids is 2. The maximum absolute atomic E-state index is 13.2. The summed E-state index contributed by atoms with van der Waals surface area (Å²) in [6, 6.07) is 6.90. The molecule has 0 saturated carbocycles. The van der Waals surface area contributed by atoms with Crippen molar-refractivity contribution in [2.45, 2.75) is 32.5 Å². The smallest absolute Gasteiger partial charge is 0.347 e. The predicted octanol–water partition coefficient (Wildman–Crippen LogP) is 3.75. The van der Waals surface area contributed by atoms with Gasteiger partial charge in [-0.15, -0.1) is 0 Å². The zero-order valence-electron chi connectivity index (χ0n) is 15.3. The Morgan fingerprint density at radius 3 is 2.29 bits per heavy atom. The monoisotopic (exact) mass is 390 g/mol. The van der Waals surface area contributed by atoms with E-state index in [0.29, 0.717) is 0 Å². The average Bonchev–Trinajstić information content (AvgIpc) is 2.59. The Hall–Kier alpha value is -3.41. The molecular formula is C19H17F3N4O2. The zero-order chi connectivity index (χ0) is 21.1. The van der Waals surface area contributed by atoms with E-state index in [4.69, 9.17) is 5.26 Å². The maximum atomic E-state index is 13.2. The molecule has 28 heavy (non-hydrogen) atoms. The van der Waals surface area contributed by atoms with Gasteiger partial charge in [0.25, 0.3) is 11.8 Å². The summed E-state index contributed by atoms with van der Waals surface area (Å²) in [5, 5.41) is 13.7. The van der Waals surface area contributed by atoms with E-state index in [-0.39, 0.29) is 22.5 Å². The van der Waals surface area contributed by atoms with E-state index in [0.717, 1.165) is 18.2 Å². The number of halogens is 3. The second-order valence-electron chi connectivity index (χ2n) is 7.00. The van der Waals surface area contributed by atoms with Gasteiger partial charge in [-0.25, -0.2) is 4.98 Å². The van der Waals surface area contributed by atoms with Crippen LogP contribution in [-0.2, 0) is 6.18 Å². The molecule has 0 saturated heterocycles. The minimum absolute atomic E-state index is 0.0121. The van der Waals surface area contributed by atoms with E-state index < -0.39 is 29.1 Å². The largest absolute Gasteiger partial charge is 0.416 e. The average molecular weight is 390 g/mol. The molecule has 0 aliphatic rings. The topological polar surface area (TPSA) is 94.9 Å². The fraction of sp³-hybridized carbons (Fsp3) is 0.263. The Morgan fingerprint density at radius 2 is 1.71 bits per heavy atom. The second-order valence-corrected chi connectivity index (χ2v) is 7.00. The number of hydrogen-bond donors (Lipinski definition) is 2. The van der Waals surface area contributed by atoms with Gasteiger partial charge in [-0.2, -0.15) is 18.4 Å². The van der Waals surface area contributed by atoms with Crippen molar-refractivity contribution >= 4 is 17.5 Å². The number of rotatable bonds is 3. The molecule has 2 rings (SSSR count). The summed E-state index contributed by atoms with van der Waals surface area (Å²) in [6.45, 7) is 5.08. The molecule has 1 aromatic heterocycles. The summed E-state index contributed by atoms with van der Waals surface area (Å²) < 4.78 is 39.7. The molecule has 6 nitrogen and oxygen atoms in total. The van der Waals surface area contributed by atoms with Crippen molar-refractivity contribution in [1.82, 2.24) is 10.3 Å². The molecule has 0 spiro atoms. The molecule has 146 valence electrons. The zero-order valence-corrected chi connectivity index (χ0v) is 15.3. The minimum atomic E-state index is -4.71. The van der Waals surface area contributed by atoms with Crippen LogP contribution in [0, 0.1) is 11.3 Å². The molecule has 0 bridgehead atoms. The molecule has 2 amide bonds. The van der Waals surface area contributed by atoms with Crippen molar-refractivity contribution in [2.24, 2.45) is 0 Å². The van der Waals surface area contributed by atoms with Gasteiger partial charge in [0.15, 0.2) is 0 Å². The van der Waals surface area contributed by atoms with Crippen molar-refractivity contribution in [3.05, 3.63) is 58.9 Å². The molecule has 0 aliphatic heterocycles. The normalized spacial score (nSPS) is 11.5. The molecule has 0 fully saturated rings. The molecular weight excluding hydrogens is 373 g/mol. The van der Waals surface area contributed by atoms with Crippen molar-refractivity contribution in [3.63, 3.8) is 0 Å². The number of amides is 2. The Kier molecular flexibility index (Phi) is 5.73. The lowest BCUT2D eigenvalue weighted by Crippen LogP contribution is -2.40. The first kappa shape index (κ1) is 20.9. The third-order valence-electron chi connectivity index (χ3n) is 3.41. The predicted molar refractivity (Wildman–Crippen MR) is 95.6 cm³/mol. The number of anilines is 1. The quantitative estimate of drug-likeness (QED) is 0.834. The van der Waals surface area contributed by atoms with Gasteiger partial charge in [-0.1, -0.05) is 0 Å². The van der Waals surface area contributed by atoms with Gasteiger partial charge in [-0.05, 0) is 51.1 Å². The Labute approximate surface area is 159 Å². The standard InChI is InChI=1S/C19H17F3N4O2/c1-18(2,3)26-17(28)12-6-13(19(20,21)22)9-14(8-12)25-16(27)11-4-5-24-15(7-11)10-23/h4-9H,1-3H3,(H,25,27)(H,26,28). The number of benzene rings is 1. The number of nitrogens with zero attached hydrogens (tertiary/aromatic N) is 2. The summed E-state index contributed by atoms with van der Waals surface area (Å²) in [7, 11) is 0. The molecule has 0 radical (unpaired) electrons. The minimum Gasteiger partial charge on any atom is -0.347 e. The molecule has 0 unspecified atom stereocenters. The van der Waals surface area contributed by atoms with Gasteiger partial charge < -0.3 is 10.6 Å². The van der Waals surface area contributed by atoms with E-state index in [1.54, 1.807) is 26.8 Å². The van der Waals surface area contributed by atoms with Crippen LogP contribution < -0.4 is 10.6 Å². The number of hydrogen-bond acceptors (Lipinski definition) is 4. The molecule has 1 aromatic carbocycles. The molecule has 1 heterocycles. The van der Waals surface area contributed by atoms with Gasteiger partial charge in [0.05, 0.1) is 5.56 Å². The lowest BCUT2D eigenvalue weighted by Gasteiger charge is -2.21. The number of aromatic nitrogens is 1. The van der Waals surface area contributed by atoms with Crippen LogP contribution in [0.3, 0.4) is 0 Å². The number of nitriles is 1. The van der Waals surface area contributed by atoms with Gasteiger partial charge in [0, 0.05) is 28.6 Å².